The molecule has 0 amide bonds. The molecule has 3 aromatic carbocycles. The number of rotatable bonds is 3. The zero-order chi connectivity index (χ0) is 18.2. The zero-order valence-corrected chi connectivity index (χ0v) is 14.3. The van der Waals surface area contributed by atoms with Gasteiger partial charge in [-0.05, 0) is 54.1 Å². The molecule has 0 spiro atoms. The Morgan fingerprint density at radius 3 is 2.08 bits per heavy atom. The number of ether oxygens (including phenoxy) is 1. The number of carbonyl (C=O) groups is 1. The molecule has 0 saturated heterocycles. The van der Waals surface area contributed by atoms with Crippen molar-refractivity contribution in [1.82, 2.24) is 0 Å². The lowest BCUT2D eigenvalue weighted by atomic mass is 10.1. The monoisotopic (exact) mass is 339 g/mol. The number of carbonyl (C=O) groups excluding carboxylic acids is 1. The first kappa shape index (κ1) is 17.2. The van der Waals surface area contributed by atoms with Crippen LogP contribution in [-0.2, 0) is 4.74 Å². The number of methoxy groups -OCH3 is 1. The number of benzene rings is 3. The summed E-state index contributed by atoms with van der Waals surface area (Å²) < 4.78 is 4.68. The molecule has 0 heterocycles. The molecule has 0 fully saturated rings. The lowest BCUT2D eigenvalue weighted by molar-refractivity contribution is 0.0601. The van der Waals surface area contributed by atoms with Crippen LogP contribution < -0.4 is 0 Å². The Morgan fingerprint density at radius 1 is 0.846 bits per heavy atom. The van der Waals surface area contributed by atoms with Crippen molar-refractivity contribution >= 4 is 17.9 Å². The maximum absolute atomic E-state index is 11.4. The fourth-order valence-corrected chi connectivity index (χ4v) is 2.27. The average molecular weight is 339 g/mol. The third kappa shape index (κ3) is 4.68. The molecule has 3 nitrogen and oxygen atoms in total. The van der Waals surface area contributed by atoms with Crippen molar-refractivity contribution in [2.45, 2.75) is 0 Å². The second kappa shape index (κ2) is 8.46. The fourth-order valence-electron chi connectivity index (χ4n) is 2.27. The van der Waals surface area contributed by atoms with E-state index < -0.39 is 0 Å². The maximum atomic E-state index is 11.4. The first-order valence-corrected chi connectivity index (χ1v) is 8.14. The zero-order valence-electron chi connectivity index (χ0n) is 14.3. The molecule has 26 heavy (non-hydrogen) atoms. The molecular weight excluding hydrogens is 322 g/mol. The Balaban J connectivity index is 1.66. The van der Waals surface area contributed by atoms with Gasteiger partial charge < -0.3 is 4.74 Å². The van der Waals surface area contributed by atoms with E-state index in [1.165, 1.54) is 7.11 Å². The summed E-state index contributed by atoms with van der Waals surface area (Å²) >= 11 is 0. The molecule has 0 N–H and O–H groups in total. The van der Waals surface area contributed by atoms with Gasteiger partial charge in [0, 0.05) is 17.3 Å². The summed E-state index contributed by atoms with van der Waals surface area (Å²) in [7, 11) is 1.36. The van der Waals surface area contributed by atoms with E-state index in [2.05, 4.69) is 21.6 Å². The van der Waals surface area contributed by atoms with Crippen LogP contribution in [0.3, 0.4) is 0 Å². The van der Waals surface area contributed by atoms with E-state index in [-0.39, 0.29) is 5.97 Å². The first-order chi connectivity index (χ1) is 12.7. The van der Waals surface area contributed by atoms with Crippen LogP contribution >= 0.6 is 0 Å². The quantitative estimate of drug-likeness (QED) is 0.397. The first-order valence-electron chi connectivity index (χ1n) is 8.14. The summed E-state index contributed by atoms with van der Waals surface area (Å²) in [4.78, 5) is 15.8. The van der Waals surface area contributed by atoms with Crippen LogP contribution in [0.2, 0.25) is 0 Å². The summed E-state index contributed by atoms with van der Waals surface area (Å²) in [6, 6.07) is 24.7. The molecule has 0 aromatic heterocycles. The van der Waals surface area contributed by atoms with E-state index in [9.17, 15) is 4.79 Å². The minimum Gasteiger partial charge on any atom is -0.465 e. The SMILES string of the molecule is COC(=O)c1ccc(N=Cc2ccc(C#Cc3ccccc3)cc2)cc1. The lowest BCUT2D eigenvalue weighted by Gasteiger charge is -1.99. The summed E-state index contributed by atoms with van der Waals surface area (Å²) in [6.45, 7) is 0. The van der Waals surface area contributed by atoms with Crippen molar-refractivity contribution < 1.29 is 9.53 Å². The number of hydrogen-bond acceptors (Lipinski definition) is 3. The van der Waals surface area contributed by atoms with Crippen LogP contribution in [0, 0.1) is 11.8 Å². The summed E-state index contributed by atoms with van der Waals surface area (Å²) in [6.07, 6.45) is 1.78. The predicted molar refractivity (Wildman–Crippen MR) is 104 cm³/mol. The van der Waals surface area contributed by atoms with Gasteiger partial charge in [0.05, 0.1) is 18.4 Å². The Labute approximate surface area is 153 Å². The minimum absolute atomic E-state index is 0.354. The smallest absolute Gasteiger partial charge is 0.337 e. The normalized spacial score (nSPS) is 10.2. The van der Waals surface area contributed by atoms with Gasteiger partial charge in [0.2, 0.25) is 0 Å². The van der Waals surface area contributed by atoms with Gasteiger partial charge in [-0.15, -0.1) is 0 Å². The van der Waals surface area contributed by atoms with E-state index >= 15 is 0 Å². The van der Waals surface area contributed by atoms with Gasteiger partial charge in [0.15, 0.2) is 0 Å². The van der Waals surface area contributed by atoms with Gasteiger partial charge in [0.25, 0.3) is 0 Å². The van der Waals surface area contributed by atoms with Crippen molar-refractivity contribution in [3.63, 3.8) is 0 Å². The molecule has 126 valence electrons. The van der Waals surface area contributed by atoms with Gasteiger partial charge >= 0.3 is 5.97 Å². The van der Waals surface area contributed by atoms with Gasteiger partial charge in [-0.25, -0.2) is 4.79 Å². The number of nitrogens with zero attached hydrogens (tertiary/aromatic N) is 1. The van der Waals surface area contributed by atoms with Crippen molar-refractivity contribution in [2.24, 2.45) is 4.99 Å². The molecule has 3 aromatic rings. The van der Waals surface area contributed by atoms with E-state index in [1.54, 1.807) is 30.5 Å². The molecule has 3 heteroatoms. The van der Waals surface area contributed by atoms with Crippen molar-refractivity contribution in [2.75, 3.05) is 7.11 Å². The van der Waals surface area contributed by atoms with Gasteiger partial charge in [-0.2, -0.15) is 0 Å². The summed E-state index contributed by atoms with van der Waals surface area (Å²) in [5.74, 6) is 5.93. The van der Waals surface area contributed by atoms with E-state index in [0.29, 0.717) is 5.56 Å². The van der Waals surface area contributed by atoms with Gasteiger partial charge in [0.1, 0.15) is 0 Å². The lowest BCUT2D eigenvalue weighted by Crippen LogP contribution is -1.99. The molecule has 0 radical (unpaired) electrons. The highest BCUT2D eigenvalue weighted by Crippen LogP contribution is 2.14. The standard InChI is InChI=1S/C23H17NO2/c1-26-23(25)21-13-15-22(16-14-21)24-17-20-11-9-19(10-12-20)8-7-18-5-3-2-4-6-18/h2-6,9-17H,1H3. The molecule has 0 saturated carbocycles. The topological polar surface area (TPSA) is 38.7 Å². The molecule has 0 aliphatic heterocycles. The number of esters is 1. The largest absolute Gasteiger partial charge is 0.465 e. The number of hydrogen-bond donors (Lipinski definition) is 0. The molecule has 0 atom stereocenters. The average Bonchev–Trinajstić information content (AvgIpc) is 2.72. The van der Waals surface area contributed by atoms with Crippen molar-refractivity contribution in [3.8, 4) is 11.8 Å². The van der Waals surface area contributed by atoms with Crippen LogP contribution in [0.15, 0.2) is 83.9 Å². The minimum atomic E-state index is -0.354. The molecule has 3 rings (SSSR count). The molecule has 0 unspecified atom stereocenters. The van der Waals surface area contributed by atoms with E-state index in [4.69, 9.17) is 0 Å². The fraction of sp³-hybridized carbons (Fsp3) is 0.0435. The Morgan fingerprint density at radius 2 is 1.46 bits per heavy atom. The highest BCUT2D eigenvalue weighted by molar-refractivity contribution is 5.90. The van der Waals surface area contributed by atoms with Crippen LogP contribution in [0.5, 0.6) is 0 Å². The molecule has 0 bridgehead atoms. The van der Waals surface area contributed by atoms with Crippen LogP contribution in [0.1, 0.15) is 27.0 Å². The Bertz CT molecular complexity index is 961. The Kier molecular flexibility index (Phi) is 5.59. The van der Waals surface area contributed by atoms with Crippen LogP contribution in [-0.4, -0.2) is 19.3 Å². The highest BCUT2D eigenvalue weighted by Gasteiger charge is 2.03. The molecule has 0 aliphatic carbocycles. The van der Waals surface area contributed by atoms with E-state index in [0.717, 1.165) is 22.4 Å². The molecule has 0 aliphatic rings. The third-order valence-corrected chi connectivity index (χ3v) is 3.69. The second-order valence-electron chi connectivity index (χ2n) is 5.53. The third-order valence-electron chi connectivity index (χ3n) is 3.69. The van der Waals surface area contributed by atoms with Crippen molar-refractivity contribution in [3.05, 3.63) is 101 Å². The summed E-state index contributed by atoms with van der Waals surface area (Å²) in [5, 5.41) is 0. The van der Waals surface area contributed by atoms with Crippen LogP contribution in [0.25, 0.3) is 0 Å². The van der Waals surface area contributed by atoms with Crippen molar-refractivity contribution in [1.29, 1.82) is 0 Å². The van der Waals surface area contributed by atoms with Gasteiger partial charge in [-0.3, -0.25) is 4.99 Å². The van der Waals surface area contributed by atoms with Gasteiger partial charge in [-0.1, -0.05) is 42.2 Å². The summed E-state index contributed by atoms with van der Waals surface area (Å²) in [5.41, 5.74) is 4.20. The van der Waals surface area contributed by atoms with E-state index in [1.807, 2.05) is 54.6 Å². The molecular formula is C23H17NO2. The highest BCUT2D eigenvalue weighted by atomic mass is 16.5. The number of aliphatic imine (C=N–C) groups is 1. The predicted octanol–water partition coefficient (Wildman–Crippen LogP) is 4.62. The van der Waals surface area contributed by atoms with Crippen LogP contribution in [0.4, 0.5) is 5.69 Å². The Hall–Kier alpha value is -3.64. The maximum Gasteiger partial charge on any atom is 0.337 e. The second-order valence-corrected chi connectivity index (χ2v) is 5.53.